The molecule has 0 fully saturated rings. The maximum absolute atomic E-state index is 5.20. The number of fused-ring (bicyclic) bond motifs is 6. The van der Waals surface area contributed by atoms with Crippen molar-refractivity contribution in [1.29, 1.82) is 0 Å². The minimum absolute atomic E-state index is 0.333. The second-order valence-corrected chi connectivity index (χ2v) is 14.6. The predicted molar refractivity (Wildman–Crippen MR) is 221 cm³/mol. The van der Waals surface area contributed by atoms with E-state index in [4.69, 9.17) is 20.0 Å². The van der Waals surface area contributed by atoms with E-state index < -0.39 is 0 Å². The van der Waals surface area contributed by atoms with E-state index in [1.165, 1.54) is 11.1 Å². The van der Waals surface area contributed by atoms with Crippen molar-refractivity contribution in [2.24, 2.45) is 20.0 Å². The SMILES string of the molecule is CC1(C)C(/C2=C\Nc3cc4ccccc4cc3N=C/C(C3=Nc4ccccc4C3(C)C)=C/Nc3cc4ccccc4cc3N=C2)=Nc2ccccc21. The van der Waals surface area contributed by atoms with Crippen molar-refractivity contribution in [1.82, 2.24) is 0 Å². The molecule has 3 aliphatic rings. The number of nitrogens with zero attached hydrogens (tertiary/aromatic N) is 4. The third kappa shape index (κ3) is 5.35. The highest BCUT2D eigenvalue weighted by Crippen LogP contribution is 2.44. The number of aliphatic imine (C=N–C) groups is 4. The standard InChI is InChI=1S/C46H38N6/c1-45(2)35-17-9-11-19-37(35)51-43(45)33-25-47-39-21-29-13-5-7-15-31(29)23-41(39)49-27-34(44-46(3,4)36-18-10-12-20-38(36)52-44)28-50-42-24-32-16-8-6-14-30(32)22-40(42)48-26-33/h5-28,47,50H,1-4H3/b33-25-,34-28-,48-26?,49-27?. The zero-order chi connectivity index (χ0) is 35.5. The van der Waals surface area contributed by atoms with Crippen LogP contribution >= 0.6 is 0 Å². The molecule has 0 aliphatic carbocycles. The Balaban J connectivity index is 1.25. The summed E-state index contributed by atoms with van der Waals surface area (Å²) in [7, 11) is 0. The molecule has 0 unspecified atom stereocenters. The molecular formula is C46H38N6. The number of allylic oxidation sites excluding steroid dienone is 2. The monoisotopic (exact) mass is 674 g/mol. The van der Waals surface area contributed by atoms with Crippen LogP contribution in [0.25, 0.3) is 21.5 Å². The highest BCUT2D eigenvalue weighted by Gasteiger charge is 2.37. The predicted octanol–water partition coefficient (Wildman–Crippen LogP) is 11.8. The van der Waals surface area contributed by atoms with Gasteiger partial charge < -0.3 is 10.6 Å². The van der Waals surface area contributed by atoms with Crippen LogP contribution in [-0.4, -0.2) is 23.9 Å². The zero-order valence-electron chi connectivity index (χ0n) is 29.6. The number of hydrogen-bond acceptors (Lipinski definition) is 6. The van der Waals surface area contributed by atoms with Gasteiger partial charge in [0, 0.05) is 46.8 Å². The van der Waals surface area contributed by atoms with Gasteiger partial charge in [-0.25, -0.2) is 0 Å². The van der Waals surface area contributed by atoms with Crippen LogP contribution in [0.15, 0.2) is 165 Å². The summed E-state index contributed by atoms with van der Waals surface area (Å²) >= 11 is 0. The van der Waals surface area contributed by atoms with E-state index in [0.29, 0.717) is 0 Å². The van der Waals surface area contributed by atoms with E-state index in [9.17, 15) is 0 Å². The van der Waals surface area contributed by atoms with Crippen LogP contribution < -0.4 is 10.6 Å². The quantitative estimate of drug-likeness (QED) is 0.192. The maximum atomic E-state index is 5.20. The van der Waals surface area contributed by atoms with Crippen LogP contribution in [0.5, 0.6) is 0 Å². The Morgan fingerprint density at radius 2 is 0.788 bits per heavy atom. The summed E-state index contributed by atoms with van der Waals surface area (Å²) < 4.78 is 0. The molecule has 6 aromatic carbocycles. The van der Waals surface area contributed by atoms with Crippen LogP contribution in [0.3, 0.4) is 0 Å². The fraction of sp³-hybridized carbons (Fsp3) is 0.130. The molecule has 3 aliphatic heterocycles. The van der Waals surface area contributed by atoms with Gasteiger partial charge in [-0.2, -0.15) is 0 Å². The Hall–Kier alpha value is -6.40. The first-order chi connectivity index (χ1) is 25.3. The molecule has 6 heteroatoms. The van der Waals surface area contributed by atoms with Gasteiger partial charge in [0.15, 0.2) is 0 Å². The van der Waals surface area contributed by atoms with Gasteiger partial charge in [0.2, 0.25) is 0 Å². The van der Waals surface area contributed by atoms with Crippen LogP contribution in [-0.2, 0) is 10.8 Å². The minimum Gasteiger partial charge on any atom is -0.359 e. The molecule has 0 radical (unpaired) electrons. The molecular weight excluding hydrogens is 637 g/mol. The van der Waals surface area contributed by atoms with E-state index in [2.05, 4.69) is 148 Å². The average molecular weight is 675 g/mol. The van der Waals surface area contributed by atoms with E-state index in [1.54, 1.807) is 0 Å². The summed E-state index contributed by atoms with van der Waals surface area (Å²) in [6.45, 7) is 8.91. The first-order valence-electron chi connectivity index (χ1n) is 17.7. The van der Waals surface area contributed by atoms with Crippen molar-refractivity contribution in [2.75, 3.05) is 10.6 Å². The third-order valence-corrected chi connectivity index (χ3v) is 10.5. The summed E-state index contributed by atoms with van der Waals surface area (Å²) in [6.07, 6.45) is 7.93. The van der Waals surface area contributed by atoms with Crippen LogP contribution in [0.2, 0.25) is 0 Å². The molecule has 52 heavy (non-hydrogen) atoms. The second kappa shape index (κ2) is 12.1. The number of nitrogens with one attached hydrogen (secondary N) is 2. The van der Waals surface area contributed by atoms with Gasteiger partial charge in [-0.05, 0) is 69.1 Å². The van der Waals surface area contributed by atoms with Crippen molar-refractivity contribution in [3.63, 3.8) is 0 Å². The molecule has 0 saturated carbocycles. The van der Waals surface area contributed by atoms with Gasteiger partial charge in [0.05, 0.1) is 45.5 Å². The largest absolute Gasteiger partial charge is 0.359 e. The number of hydrogen-bond donors (Lipinski definition) is 2. The first-order valence-corrected chi connectivity index (χ1v) is 17.7. The van der Waals surface area contributed by atoms with Gasteiger partial charge in [-0.15, -0.1) is 0 Å². The number of rotatable bonds is 2. The number of anilines is 2. The summed E-state index contributed by atoms with van der Waals surface area (Å²) in [6, 6.07) is 42.1. The van der Waals surface area contributed by atoms with Crippen LogP contribution in [0.4, 0.5) is 34.1 Å². The molecule has 0 spiro atoms. The lowest BCUT2D eigenvalue weighted by atomic mass is 9.79. The fourth-order valence-corrected chi connectivity index (χ4v) is 7.65. The fourth-order valence-electron chi connectivity index (χ4n) is 7.65. The summed E-state index contributed by atoms with van der Waals surface area (Å²) in [4.78, 5) is 20.7. The summed E-state index contributed by atoms with van der Waals surface area (Å²) in [5.74, 6) is 0. The summed E-state index contributed by atoms with van der Waals surface area (Å²) in [5.41, 5.74) is 10.7. The molecule has 0 saturated heterocycles. The highest BCUT2D eigenvalue weighted by molar-refractivity contribution is 6.25. The molecule has 6 aromatic rings. The lowest BCUT2D eigenvalue weighted by Gasteiger charge is -2.23. The first kappa shape index (κ1) is 31.6. The van der Waals surface area contributed by atoms with Crippen molar-refractivity contribution < 1.29 is 0 Å². The van der Waals surface area contributed by atoms with Gasteiger partial charge in [0.25, 0.3) is 0 Å². The van der Waals surface area contributed by atoms with E-state index in [-0.39, 0.29) is 10.8 Å². The minimum atomic E-state index is -0.333. The Morgan fingerprint density at radius 1 is 0.423 bits per heavy atom. The van der Waals surface area contributed by atoms with E-state index >= 15 is 0 Å². The van der Waals surface area contributed by atoms with Crippen molar-refractivity contribution in [3.05, 3.63) is 156 Å². The Labute approximate surface area is 303 Å². The van der Waals surface area contributed by atoms with Gasteiger partial charge in [0.1, 0.15) is 0 Å². The smallest absolute Gasteiger partial charge is 0.0870 e. The van der Waals surface area contributed by atoms with Crippen molar-refractivity contribution in [3.8, 4) is 0 Å². The lowest BCUT2D eigenvalue weighted by Crippen LogP contribution is -2.28. The molecule has 2 N–H and O–H groups in total. The Bertz CT molecular complexity index is 2450. The Morgan fingerprint density at radius 3 is 1.19 bits per heavy atom. The third-order valence-electron chi connectivity index (χ3n) is 10.5. The molecule has 0 amide bonds. The van der Waals surface area contributed by atoms with Crippen LogP contribution in [0.1, 0.15) is 38.8 Å². The average Bonchev–Trinajstić information content (AvgIpc) is 3.59. The molecule has 0 atom stereocenters. The zero-order valence-corrected chi connectivity index (χ0v) is 29.6. The lowest BCUT2D eigenvalue weighted by molar-refractivity contribution is 0.738. The van der Waals surface area contributed by atoms with Gasteiger partial charge >= 0.3 is 0 Å². The maximum Gasteiger partial charge on any atom is 0.0870 e. The van der Waals surface area contributed by atoms with E-state index in [0.717, 1.165) is 78.2 Å². The number of benzene rings is 6. The van der Waals surface area contributed by atoms with Crippen molar-refractivity contribution >= 4 is 79.5 Å². The van der Waals surface area contributed by atoms with E-state index in [1.807, 2.05) is 37.0 Å². The molecule has 0 aromatic heterocycles. The van der Waals surface area contributed by atoms with Gasteiger partial charge in [-0.3, -0.25) is 20.0 Å². The Kier molecular flexibility index (Phi) is 7.37. The topological polar surface area (TPSA) is 73.5 Å². The highest BCUT2D eigenvalue weighted by atomic mass is 14.9. The molecule has 3 heterocycles. The molecule has 0 bridgehead atoms. The molecule has 9 rings (SSSR count). The summed E-state index contributed by atoms with van der Waals surface area (Å²) in [5, 5.41) is 11.8. The van der Waals surface area contributed by atoms with Crippen molar-refractivity contribution in [2.45, 2.75) is 38.5 Å². The van der Waals surface area contributed by atoms with Gasteiger partial charge in [-0.1, -0.05) is 113 Å². The second-order valence-electron chi connectivity index (χ2n) is 14.6. The normalized spacial score (nSPS) is 19.0. The molecule has 252 valence electrons. The molecule has 6 nitrogen and oxygen atoms in total. The van der Waals surface area contributed by atoms with Crippen LogP contribution in [0, 0.1) is 0 Å². The number of para-hydroxylation sites is 2.